The van der Waals surface area contributed by atoms with Crippen molar-refractivity contribution >= 4 is 11.6 Å². The van der Waals surface area contributed by atoms with Crippen molar-refractivity contribution in [3.63, 3.8) is 0 Å². The van der Waals surface area contributed by atoms with Crippen molar-refractivity contribution in [1.29, 1.82) is 0 Å². The number of anilines is 1. The number of phenolic OH excluding ortho intramolecular Hbond substituents is 1. The average molecular weight is 282 g/mol. The molecule has 2 aromatic carbocycles. The summed E-state index contributed by atoms with van der Waals surface area (Å²) in [7, 11) is 0. The average Bonchev–Trinajstić information content (AvgIpc) is 2.50. The molecule has 0 fully saturated rings. The quantitative estimate of drug-likeness (QED) is 0.742. The summed E-state index contributed by atoms with van der Waals surface area (Å²) >= 11 is 0. The Morgan fingerprint density at radius 1 is 1.29 bits per heavy atom. The Morgan fingerprint density at radius 3 is 3.00 bits per heavy atom. The van der Waals surface area contributed by atoms with Crippen molar-refractivity contribution in [3.05, 3.63) is 58.7 Å². The zero-order valence-electron chi connectivity index (χ0n) is 11.9. The lowest BCUT2D eigenvalue weighted by Gasteiger charge is -2.20. The van der Waals surface area contributed by atoms with Gasteiger partial charge in [0.1, 0.15) is 5.75 Å². The van der Waals surface area contributed by atoms with E-state index in [4.69, 9.17) is 0 Å². The summed E-state index contributed by atoms with van der Waals surface area (Å²) in [6.45, 7) is 3.60. The lowest BCUT2D eigenvalue weighted by atomic mass is 9.95. The van der Waals surface area contributed by atoms with E-state index in [-0.39, 0.29) is 11.7 Å². The van der Waals surface area contributed by atoms with Gasteiger partial charge in [-0.25, -0.2) is 0 Å². The van der Waals surface area contributed by atoms with Gasteiger partial charge in [0, 0.05) is 12.1 Å². The molecule has 0 spiro atoms. The fourth-order valence-electron chi connectivity index (χ4n) is 2.68. The summed E-state index contributed by atoms with van der Waals surface area (Å²) in [6, 6.07) is 11.0. The predicted octanol–water partition coefficient (Wildman–Crippen LogP) is 2.60. The molecule has 0 unspecified atom stereocenters. The summed E-state index contributed by atoms with van der Waals surface area (Å²) in [5, 5.41) is 16.0. The first-order valence-electron chi connectivity index (χ1n) is 7.07. The predicted molar refractivity (Wildman–Crippen MR) is 82.6 cm³/mol. The molecule has 3 N–H and O–H groups in total. The first-order chi connectivity index (χ1) is 10.1. The topological polar surface area (TPSA) is 61.4 Å². The molecule has 2 aromatic rings. The second-order valence-electron chi connectivity index (χ2n) is 5.34. The summed E-state index contributed by atoms with van der Waals surface area (Å²) < 4.78 is 0. The lowest BCUT2D eigenvalue weighted by molar-refractivity contribution is 0.102. The van der Waals surface area contributed by atoms with Crippen LogP contribution in [0.25, 0.3) is 0 Å². The van der Waals surface area contributed by atoms with Gasteiger partial charge in [0.25, 0.3) is 5.91 Å². The second kappa shape index (κ2) is 5.58. The third-order valence-corrected chi connectivity index (χ3v) is 3.79. The molecule has 1 aliphatic rings. The minimum absolute atomic E-state index is 0.0837. The number of amides is 1. The van der Waals surface area contributed by atoms with Gasteiger partial charge in [-0.05, 0) is 54.8 Å². The van der Waals surface area contributed by atoms with Crippen LogP contribution in [0.15, 0.2) is 36.4 Å². The van der Waals surface area contributed by atoms with Crippen LogP contribution in [0.1, 0.15) is 27.0 Å². The molecule has 0 aromatic heterocycles. The first kappa shape index (κ1) is 13.6. The fraction of sp³-hybridized carbons (Fsp3) is 0.235. The van der Waals surface area contributed by atoms with Crippen LogP contribution in [0.5, 0.6) is 5.75 Å². The van der Waals surface area contributed by atoms with E-state index in [1.54, 1.807) is 18.2 Å². The van der Waals surface area contributed by atoms with Crippen molar-refractivity contribution < 1.29 is 9.90 Å². The van der Waals surface area contributed by atoms with E-state index in [9.17, 15) is 9.90 Å². The maximum Gasteiger partial charge on any atom is 0.256 e. The van der Waals surface area contributed by atoms with Crippen LogP contribution in [0, 0.1) is 6.92 Å². The maximum atomic E-state index is 12.5. The zero-order valence-corrected chi connectivity index (χ0v) is 11.9. The largest absolute Gasteiger partial charge is 0.506 e. The molecule has 1 heterocycles. The van der Waals surface area contributed by atoms with E-state index in [1.165, 1.54) is 5.56 Å². The standard InChI is InChI=1S/C17H18N2O2/c1-11-5-6-16(20)15(9-11)19-17(21)14-4-2-3-12-10-18-8-7-13(12)14/h2-6,9,18,20H,7-8,10H2,1H3,(H,19,21). The van der Waals surface area contributed by atoms with E-state index in [0.29, 0.717) is 11.3 Å². The Morgan fingerprint density at radius 2 is 2.14 bits per heavy atom. The van der Waals surface area contributed by atoms with Gasteiger partial charge >= 0.3 is 0 Å². The first-order valence-corrected chi connectivity index (χ1v) is 7.07. The van der Waals surface area contributed by atoms with Crippen LogP contribution < -0.4 is 10.6 Å². The van der Waals surface area contributed by atoms with Crippen molar-refractivity contribution in [2.45, 2.75) is 19.9 Å². The molecule has 0 bridgehead atoms. The molecule has 1 amide bonds. The number of carbonyl (C=O) groups excluding carboxylic acids is 1. The van der Waals surface area contributed by atoms with Crippen LogP contribution >= 0.6 is 0 Å². The van der Waals surface area contributed by atoms with E-state index < -0.39 is 0 Å². The number of hydrogen-bond acceptors (Lipinski definition) is 3. The summed E-state index contributed by atoms with van der Waals surface area (Å²) in [4.78, 5) is 12.5. The smallest absolute Gasteiger partial charge is 0.256 e. The Hall–Kier alpha value is -2.33. The summed E-state index contributed by atoms with van der Waals surface area (Å²) in [5.74, 6) is -0.0879. The Bertz CT molecular complexity index is 695. The number of carbonyl (C=O) groups is 1. The number of nitrogens with one attached hydrogen (secondary N) is 2. The number of hydrogen-bond donors (Lipinski definition) is 3. The Kier molecular flexibility index (Phi) is 3.62. The van der Waals surface area contributed by atoms with E-state index >= 15 is 0 Å². The summed E-state index contributed by atoms with van der Waals surface area (Å²) in [6.07, 6.45) is 0.846. The van der Waals surface area contributed by atoms with Gasteiger partial charge in [0.05, 0.1) is 5.69 Å². The maximum absolute atomic E-state index is 12.5. The number of fused-ring (bicyclic) bond motifs is 1. The molecular weight excluding hydrogens is 264 g/mol. The zero-order chi connectivity index (χ0) is 14.8. The molecule has 4 nitrogen and oxygen atoms in total. The van der Waals surface area contributed by atoms with Crippen molar-refractivity contribution in [3.8, 4) is 5.75 Å². The van der Waals surface area contributed by atoms with E-state index in [2.05, 4.69) is 10.6 Å². The van der Waals surface area contributed by atoms with Crippen LogP contribution in [-0.4, -0.2) is 17.6 Å². The van der Waals surface area contributed by atoms with Crippen molar-refractivity contribution in [2.75, 3.05) is 11.9 Å². The van der Waals surface area contributed by atoms with E-state index in [1.807, 2.05) is 25.1 Å². The lowest BCUT2D eigenvalue weighted by Crippen LogP contribution is -2.26. The van der Waals surface area contributed by atoms with Gasteiger partial charge in [0.2, 0.25) is 0 Å². The van der Waals surface area contributed by atoms with Crippen LogP contribution in [0.3, 0.4) is 0 Å². The molecule has 1 aliphatic heterocycles. The highest BCUT2D eigenvalue weighted by molar-refractivity contribution is 6.06. The Labute approximate surface area is 123 Å². The van der Waals surface area contributed by atoms with Gasteiger partial charge in [-0.2, -0.15) is 0 Å². The van der Waals surface area contributed by atoms with Crippen molar-refractivity contribution in [1.82, 2.24) is 5.32 Å². The van der Waals surface area contributed by atoms with Gasteiger partial charge in [-0.1, -0.05) is 18.2 Å². The van der Waals surface area contributed by atoms with E-state index in [0.717, 1.165) is 30.6 Å². The molecule has 108 valence electrons. The van der Waals surface area contributed by atoms with Gasteiger partial charge in [-0.15, -0.1) is 0 Å². The molecule has 0 aliphatic carbocycles. The molecule has 4 heteroatoms. The number of aryl methyl sites for hydroxylation is 1. The monoisotopic (exact) mass is 282 g/mol. The van der Waals surface area contributed by atoms with Crippen LogP contribution in [-0.2, 0) is 13.0 Å². The van der Waals surface area contributed by atoms with Gasteiger partial charge in [0.15, 0.2) is 0 Å². The minimum atomic E-state index is -0.172. The van der Waals surface area contributed by atoms with Crippen LogP contribution in [0.4, 0.5) is 5.69 Å². The molecular formula is C17H18N2O2. The molecule has 0 saturated carbocycles. The van der Waals surface area contributed by atoms with Gasteiger partial charge in [-0.3, -0.25) is 4.79 Å². The van der Waals surface area contributed by atoms with Crippen LogP contribution in [0.2, 0.25) is 0 Å². The molecule has 0 atom stereocenters. The van der Waals surface area contributed by atoms with Crippen molar-refractivity contribution in [2.24, 2.45) is 0 Å². The second-order valence-corrected chi connectivity index (χ2v) is 5.34. The highest BCUT2D eigenvalue weighted by Gasteiger charge is 2.18. The minimum Gasteiger partial charge on any atom is -0.506 e. The number of rotatable bonds is 2. The number of phenols is 1. The number of benzene rings is 2. The summed E-state index contributed by atoms with van der Waals surface area (Å²) in [5.41, 5.74) is 4.40. The molecule has 21 heavy (non-hydrogen) atoms. The highest BCUT2D eigenvalue weighted by Crippen LogP contribution is 2.26. The molecule has 3 rings (SSSR count). The third kappa shape index (κ3) is 2.76. The molecule has 0 radical (unpaired) electrons. The highest BCUT2D eigenvalue weighted by atomic mass is 16.3. The fourth-order valence-corrected chi connectivity index (χ4v) is 2.68. The SMILES string of the molecule is Cc1ccc(O)c(NC(=O)c2cccc3c2CCNC3)c1. The third-order valence-electron chi connectivity index (χ3n) is 3.79. The van der Waals surface area contributed by atoms with Gasteiger partial charge < -0.3 is 15.7 Å². The number of aromatic hydroxyl groups is 1. The normalized spacial score (nSPS) is 13.6. The molecule has 0 saturated heterocycles. The Balaban J connectivity index is 1.91.